The van der Waals surface area contributed by atoms with Gasteiger partial charge >= 0.3 is 0 Å². The maximum absolute atomic E-state index is 4.36. The molecule has 0 aliphatic heterocycles. The second-order valence-electron chi connectivity index (χ2n) is 3.35. The van der Waals surface area contributed by atoms with Crippen molar-refractivity contribution in [3.05, 3.63) is 60.2 Å². The lowest BCUT2D eigenvalue weighted by Gasteiger charge is -1.95. The van der Waals surface area contributed by atoms with Gasteiger partial charge < -0.3 is 0 Å². The number of allylic oxidation sites excluding steroid dienone is 1. The summed E-state index contributed by atoms with van der Waals surface area (Å²) in [6.07, 6.45) is 3.31. The number of nitrogens with one attached hydrogen (secondary N) is 1. The quantitative estimate of drug-likeness (QED) is 0.766. The predicted octanol–water partition coefficient (Wildman–Crippen LogP) is 2.12. The molecule has 2 aromatic rings. The molecule has 0 atom stereocenters. The van der Waals surface area contributed by atoms with Gasteiger partial charge in [-0.25, -0.2) is 4.98 Å². The third-order valence-corrected chi connectivity index (χ3v) is 2.12. The van der Waals surface area contributed by atoms with Gasteiger partial charge in [0.25, 0.3) is 0 Å². The van der Waals surface area contributed by atoms with E-state index in [-0.39, 0.29) is 0 Å². The molecule has 0 saturated heterocycles. The third kappa shape index (κ3) is 2.53. The Labute approximate surface area is 88.9 Å². The van der Waals surface area contributed by atoms with Gasteiger partial charge in [0.15, 0.2) is 5.82 Å². The van der Waals surface area contributed by atoms with Crippen molar-refractivity contribution in [3.8, 4) is 0 Å². The van der Waals surface area contributed by atoms with E-state index in [1.807, 2.05) is 18.2 Å². The molecular formula is C12H13N3. The van der Waals surface area contributed by atoms with Crippen LogP contribution in [0.4, 0.5) is 0 Å². The highest BCUT2D eigenvalue weighted by molar-refractivity contribution is 5.18. The largest absolute Gasteiger partial charge is 0.263 e. The molecule has 1 aromatic heterocycles. The average molecular weight is 199 g/mol. The summed E-state index contributed by atoms with van der Waals surface area (Å²) < 4.78 is 0. The van der Waals surface area contributed by atoms with E-state index < -0.39 is 0 Å². The molecule has 76 valence electrons. The minimum atomic E-state index is 0.714. The van der Waals surface area contributed by atoms with Crippen LogP contribution in [0.2, 0.25) is 0 Å². The van der Waals surface area contributed by atoms with Crippen LogP contribution in [0.5, 0.6) is 0 Å². The minimum Gasteiger partial charge on any atom is -0.263 e. The molecular weight excluding hydrogens is 186 g/mol. The zero-order valence-electron chi connectivity index (χ0n) is 8.48. The van der Waals surface area contributed by atoms with E-state index in [1.54, 1.807) is 6.08 Å². The van der Waals surface area contributed by atoms with Crippen LogP contribution in [0.3, 0.4) is 0 Å². The number of aromatic nitrogens is 3. The van der Waals surface area contributed by atoms with Crippen LogP contribution in [0.25, 0.3) is 0 Å². The lowest BCUT2D eigenvalue weighted by atomic mass is 10.1. The molecule has 1 N–H and O–H groups in total. The summed E-state index contributed by atoms with van der Waals surface area (Å²) in [5, 5.41) is 7.02. The topological polar surface area (TPSA) is 41.6 Å². The SMILES string of the molecule is C=CCc1n[nH]c(Cc2ccccc2)n1. The van der Waals surface area contributed by atoms with Crippen molar-refractivity contribution >= 4 is 0 Å². The van der Waals surface area contributed by atoms with Crippen LogP contribution in [-0.2, 0) is 12.8 Å². The highest BCUT2D eigenvalue weighted by Crippen LogP contribution is 2.05. The van der Waals surface area contributed by atoms with Gasteiger partial charge in [-0.3, -0.25) is 5.10 Å². The zero-order valence-corrected chi connectivity index (χ0v) is 8.48. The van der Waals surface area contributed by atoms with Crippen molar-refractivity contribution in [3.63, 3.8) is 0 Å². The molecule has 0 aliphatic rings. The van der Waals surface area contributed by atoms with Gasteiger partial charge in [0.05, 0.1) is 0 Å². The summed E-state index contributed by atoms with van der Waals surface area (Å²) >= 11 is 0. The maximum atomic E-state index is 4.36. The van der Waals surface area contributed by atoms with Crippen LogP contribution in [0.15, 0.2) is 43.0 Å². The Bertz CT molecular complexity index is 431. The lowest BCUT2D eigenvalue weighted by molar-refractivity contribution is 0.964. The first-order chi connectivity index (χ1) is 7.38. The number of nitrogens with zero attached hydrogens (tertiary/aromatic N) is 2. The first-order valence-corrected chi connectivity index (χ1v) is 4.93. The predicted molar refractivity (Wildman–Crippen MR) is 59.5 cm³/mol. The molecule has 0 aliphatic carbocycles. The molecule has 0 amide bonds. The molecule has 1 aromatic carbocycles. The Hall–Kier alpha value is -1.90. The molecule has 0 unspecified atom stereocenters. The van der Waals surface area contributed by atoms with E-state index in [1.165, 1.54) is 5.56 Å². The Balaban J connectivity index is 2.08. The number of rotatable bonds is 4. The molecule has 0 fully saturated rings. The van der Waals surface area contributed by atoms with E-state index in [0.29, 0.717) is 6.42 Å². The van der Waals surface area contributed by atoms with Gasteiger partial charge in [-0.15, -0.1) is 6.58 Å². The smallest absolute Gasteiger partial charge is 0.154 e. The van der Waals surface area contributed by atoms with E-state index in [9.17, 15) is 0 Å². The molecule has 1 heterocycles. The molecule has 2 rings (SSSR count). The van der Waals surface area contributed by atoms with Crippen LogP contribution < -0.4 is 0 Å². The Morgan fingerprint density at radius 1 is 1.27 bits per heavy atom. The van der Waals surface area contributed by atoms with E-state index in [2.05, 4.69) is 33.9 Å². The fraction of sp³-hybridized carbons (Fsp3) is 0.167. The van der Waals surface area contributed by atoms with Gasteiger partial charge in [-0.2, -0.15) is 5.10 Å². The van der Waals surface area contributed by atoms with Gasteiger partial charge in [-0.1, -0.05) is 36.4 Å². The fourth-order valence-electron chi connectivity index (χ4n) is 1.42. The summed E-state index contributed by atoms with van der Waals surface area (Å²) in [5.41, 5.74) is 1.24. The van der Waals surface area contributed by atoms with E-state index in [4.69, 9.17) is 0 Å². The number of aromatic amines is 1. The summed E-state index contributed by atoms with van der Waals surface area (Å²) in [4.78, 5) is 4.36. The highest BCUT2D eigenvalue weighted by atomic mass is 15.2. The van der Waals surface area contributed by atoms with Gasteiger partial charge in [-0.05, 0) is 5.56 Å². The van der Waals surface area contributed by atoms with Crippen LogP contribution in [0.1, 0.15) is 17.2 Å². The van der Waals surface area contributed by atoms with Gasteiger partial charge in [0, 0.05) is 12.8 Å². The Kier molecular flexibility index (Phi) is 2.93. The van der Waals surface area contributed by atoms with Crippen molar-refractivity contribution < 1.29 is 0 Å². The number of hydrogen-bond acceptors (Lipinski definition) is 2. The monoisotopic (exact) mass is 199 g/mol. The number of benzene rings is 1. The maximum Gasteiger partial charge on any atom is 0.154 e. The normalized spacial score (nSPS) is 10.1. The summed E-state index contributed by atoms with van der Waals surface area (Å²) in [6.45, 7) is 3.66. The molecule has 0 bridgehead atoms. The number of H-pyrrole nitrogens is 1. The first kappa shape index (κ1) is 9.65. The second-order valence-corrected chi connectivity index (χ2v) is 3.35. The molecule has 3 heteroatoms. The Morgan fingerprint density at radius 2 is 2.07 bits per heavy atom. The lowest BCUT2D eigenvalue weighted by Crippen LogP contribution is -1.90. The van der Waals surface area contributed by atoms with Crippen molar-refractivity contribution in [2.75, 3.05) is 0 Å². The van der Waals surface area contributed by atoms with E-state index >= 15 is 0 Å². The summed E-state index contributed by atoms with van der Waals surface area (Å²) in [6, 6.07) is 10.2. The van der Waals surface area contributed by atoms with Gasteiger partial charge in [0.2, 0.25) is 0 Å². The van der Waals surface area contributed by atoms with Crippen LogP contribution in [-0.4, -0.2) is 15.2 Å². The van der Waals surface area contributed by atoms with Crippen LogP contribution >= 0.6 is 0 Å². The average Bonchev–Trinajstić information content (AvgIpc) is 2.68. The second kappa shape index (κ2) is 4.55. The van der Waals surface area contributed by atoms with E-state index in [0.717, 1.165) is 18.1 Å². The van der Waals surface area contributed by atoms with Crippen molar-refractivity contribution in [2.24, 2.45) is 0 Å². The molecule has 15 heavy (non-hydrogen) atoms. The van der Waals surface area contributed by atoms with Crippen molar-refractivity contribution in [1.82, 2.24) is 15.2 Å². The summed E-state index contributed by atoms with van der Waals surface area (Å²) in [5.74, 6) is 1.70. The van der Waals surface area contributed by atoms with Crippen LogP contribution in [0, 0.1) is 0 Å². The number of hydrogen-bond donors (Lipinski definition) is 1. The van der Waals surface area contributed by atoms with Crippen molar-refractivity contribution in [1.29, 1.82) is 0 Å². The van der Waals surface area contributed by atoms with Crippen molar-refractivity contribution in [2.45, 2.75) is 12.8 Å². The van der Waals surface area contributed by atoms with Gasteiger partial charge in [0.1, 0.15) is 5.82 Å². The molecule has 0 radical (unpaired) electrons. The standard InChI is InChI=1S/C12H13N3/c1-2-6-11-13-12(15-14-11)9-10-7-4-3-5-8-10/h2-5,7-8H,1,6,9H2,(H,13,14,15). The molecule has 0 saturated carbocycles. The molecule has 0 spiro atoms. The Morgan fingerprint density at radius 3 is 2.80 bits per heavy atom. The highest BCUT2D eigenvalue weighted by Gasteiger charge is 2.01. The first-order valence-electron chi connectivity index (χ1n) is 4.93. The minimum absolute atomic E-state index is 0.714. The molecule has 3 nitrogen and oxygen atoms in total. The summed E-state index contributed by atoms with van der Waals surface area (Å²) in [7, 11) is 0. The zero-order chi connectivity index (χ0) is 10.5. The third-order valence-electron chi connectivity index (χ3n) is 2.12. The fourth-order valence-corrected chi connectivity index (χ4v) is 1.42.